The second-order valence-electron chi connectivity index (χ2n) is 9.74. The smallest absolute Gasteiger partial charge is 0.306 e. The Balaban J connectivity index is 3.77. The van der Waals surface area contributed by atoms with Gasteiger partial charge in [-0.25, -0.2) is 0 Å². The molecule has 0 amide bonds. The summed E-state index contributed by atoms with van der Waals surface area (Å²) in [6.45, 7) is 11.2. The monoisotopic (exact) mass is 506 g/mol. The van der Waals surface area contributed by atoms with Gasteiger partial charge < -0.3 is 4.74 Å². The highest BCUT2D eigenvalue weighted by Crippen LogP contribution is 2.11. The van der Waals surface area contributed by atoms with Crippen molar-refractivity contribution in [2.24, 2.45) is 0 Å². The van der Waals surface area contributed by atoms with Gasteiger partial charge in [0.15, 0.2) is 0 Å². The Morgan fingerprint density at radius 2 is 1.05 bits per heavy atom. The molecule has 0 saturated heterocycles. The summed E-state index contributed by atoms with van der Waals surface area (Å²) >= 11 is 0. The van der Waals surface area contributed by atoms with Crippen LogP contribution in [-0.4, -0.2) is 12.6 Å². The van der Waals surface area contributed by atoms with Crippen LogP contribution in [0, 0.1) is 0 Å². The Labute approximate surface area is 229 Å². The maximum Gasteiger partial charge on any atom is 0.306 e. The van der Waals surface area contributed by atoms with Crippen molar-refractivity contribution in [3.05, 3.63) is 95.7 Å². The first kappa shape index (κ1) is 34.4. The summed E-state index contributed by atoms with van der Waals surface area (Å²) in [7, 11) is 0. The van der Waals surface area contributed by atoms with Crippen LogP contribution in [0.15, 0.2) is 95.7 Å². The molecule has 206 valence electrons. The van der Waals surface area contributed by atoms with Crippen molar-refractivity contribution in [1.29, 1.82) is 0 Å². The highest BCUT2D eigenvalue weighted by molar-refractivity contribution is 5.69. The molecule has 0 radical (unpaired) electrons. The van der Waals surface area contributed by atoms with Gasteiger partial charge in [0.05, 0.1) is 0 Å². The van der Waals surface area contributed by atoms with E-state index in [9.17, 15) is 4.79 Å². The topological polar surface area (TPSA) is 26.3 Å². The SMILES string of the molecule is CC/C=C\C/C=C\C/C=C\C/C=C\C/C=C\CCCC(=O)OC/C=C(/C)CC/C=C(/C)CCC=C(C)C. The molecular weight excluding hydrogens is 452 g/mol. The predicted octanol–water partition coefficient (Wildman–Crippen LogP) is 10.9. The summed E-state index contributed by atoms with van der Waals surface area (Å²) in [4.78, 5) is 11.9. The highest BCUT2D eigenvalue weighted by Gasteiger charge is 2.00. The summed E-state index contributed by atoms with van der Waals surface area (Å²) < 4.78 is 5.36. The van der Waals surface area contributed by atoms with Gasteiger partial charge in [-0.3, -0.25) is 4.79 Å². The van der Waals surface area contributed by atoms with Crippen molar-refractivity contribution in [2.45, 2.75) is 112 Å². The van der Waals surface area contributed by atoms with Crippen molar-refractivity contribution in [2.75, 3.05) is 6.61 Å². The van der Waals surface area contributed by atoms with Gasteiger partial charge in [0.25, 0.3) is 0 Å². The molecule has 2 heteroatoms. The molecule has 0 aromatic rings. The fourth-order valence-corrected chi connectivity index (χ4v) is 3.42. The maximum absolute atomic E-state index is 11.9. The van der Waals surface area contributed by atoms with Crippen molar-refractivity contribution >= 4 is 5.97 Å². The zero-order chi connectivity index (χ0) is 27.4. The van der Waals surface area contributed by atoms with Crippen LogP contribution in [0.3, 0.4) is 0 Å². The van der Waals surface area contributed by atoms with Gasteiger partial charge in [-0.15, -0.1) is 0 Å². The Morgan fingerprint density at radius 1 is 0.568 bits per heavy atom. The normalized spacial score (nSPS) is 13.2. The first-order valence-corrected chi connectivity index (χ1v) is 14.3. The Bertz CT molecular complexity index is 808. The number of esters is 1. The molecule has 0 aliphatic rings. The largest absolute Gasteiger partial charge is 0.461 e. The molecule has 0 atom stereocenters. The average molecular weight is 507 g/mol. The van der Waals surface area contributed by atoms with E-state index in [0.29, 0.717) is 13.0 Å². The van der Waals surface area contributed by atoms with Crippen molar-refractivity contribution in [3.8, 4) is 0 Å². The standard InChI is InChI=1S/C35H54O2/c1-6-7-8-9-10-11-12-13-14-15-16-17-18-19-20-21-22-29-35(36)37-31-30-34(5)28-24-27-33(4)26-23-25-32(2)3/h7-8,10-11,13-14,16-17,19-20,25,27,30H,6,9,12,15,18,21-24,26,28-29,31H2,1-5H3/b8-7-,11-10-,14-13-,17-16-,20-19-,33-27-,34-30-. The molecule has 0 fully saturated rings. The fraction of sp³-hybridized carbons (Fsp3) is 0.514. The summed E-state index contributed by atoms with van der Waals surface area (Å²) in [5.74, 6) is -0.105. The minimum absolute atomic E-state index is 0.105. The van der Waals surface area contributed by atoms with E-state index in [1.807, 2.05) is 6.08 Å². The van der Waals surface area contributed by atoms with Gasteiger partial charge in [-0.2, -0.15) is 0 Å². The third-order valence-electron chi connectivity index (χ3n) is 5.71. The van der Waals surface area contributed by atoms with Crippen molar-refractivity contribution < 1.29 is 9.53 Å². The summed E-state index contributed by atoms with van der Waals surface area (Å²) in [5.41, 5.74) is 4.11. The lowest BCUT2D eigenvalue weighted by molar-refractivity contribution is -0.142. The van der Waals surface area contributed by atoms with Gasteiger partial charge in [0, 0.05) is 6.42 Å². The number of hydrogen-bond donors (Lipinski definition) is 0. The van der Waals surface area contributed by atoms with E-state index < -0.39 is 0 Å². The molecule has 0 aliphatic carbocycles. The maximum atomic E-state index is 11.9. The van der Waals surface area contributed by atoms with Crippen molar-refractivity contribution in [1.82, 2.24) is 0 Å². The molecule has 0 saturated carbocycles. The van der Waals surface area contributed by atoms with Crippen LogP contribution >= 0.6 is 0 Å². The van der Waals surface area contributed by atoms with E-state index >= 15 is 0 Å². The van der Waals surface area contributed by atoms with Gasteiger partial charge in [-0.05, 0) is 104 Å². The van der Waals surface area contributed by atoms with Crippen LogP contribution in [0.25, 0.3) is 0 Å². The van der Waals surface area contributed by atoms with Crippen LogP contribution in [0.5, 0.6) is 0 Å². The molecule has 0 spiro atoms. The quantitative estimate of drug-likeness (QED) is 0.0879. The third kappa shape index (κ3) is 27.8. The molecule has 0 N–H and O–H groups in total. The zero-order valence-electron chi connectivity index (χ0n) is 24.5. The van der Waals surface area contributed by atoms with Crippen LogP contribution < -0.4 is 0 Å². The minimum Gasteiger partial charge on any atom is -0.461 e. The third-order valence-corrected chi connectivity index (χ3v) is 5.71. The highest BCUT2D eigenvalue weighted by atomic mass is 16.5. The average Bonchev–Trinajstić information content (AvgIpc) is 2.85. The molecule has 2 nitrogen and oxygen atoms in total. The number of carbonyl (C=O) groups is 1. The molecule has 37 heavy (non-hydrogen) atoms. The van der Waals surface area contributed by atoms with E-state index in [4.69, 9.17) is 4.74 Å². The molecule has 0 rings (SSSR count). The second kappa shape index (κ2) is 26.5. The first-order valence-electron chi connectivity index (χ1n) is 14.3. The summed E-state index contributed by atoms with van der Waals surface area (Å²) in [6.07, 6.45) is 40.2. The Morgan fingerprint density at radius 3 is 1.59 bits per heavy atom. The van der Waals surface area contributed by atoms with Gasteiger partial charge >= 0.3 is 5.97 Å². The van der Waals surface area contributed by atoms with E-state index in [1.165, 1.54) is 16.7 Å². The number of hydrogen-bond acceptors (Lipinski definition) is 2. The number of ether oxygens (including phenoxy) is 1. The molecule has 0 unspecified atom stereocenters. The first-order chi connectivity index (χ1) is 18.0. The van der Waals surface area contributed by atoms with Crippen molar-refractivity contribution in [3.63, 3.8) is 0 Å². The molecular formula is C35H54O2. The van der Waals surface area contributed by atoms with E-state index in [1.54, 1.807) is 0 Å². The molecule has 0 aliphatic heterocycles. The fourth-order valence-electron chi connectivity index (χ4n) is 3.42. The predicted molar refractivity (Wildman–Crippen MR) is 165 cm³/mol. The van der Waals surface area contributed by atoms with Gasteiger partial charge in [0.2, 0.25) is 0 Å². The lowest BCUT2D eigenvalue weighted by Gasteiger charge is -2.03. The Hall–Kier alpha value is -2.61. The van der Waals surface area contributed by atoms with Crippen LogP contribution in [0.4, 0.5) is 0 Å². The van der Waals surface area contributed by atoms with Crippen LogP contribution in [0.2, 0.25) is 0 Å². The lowest BCUT2D eigenvalue weighted by atomic mass is 10.1. The van der Waals surface area contributed by atoms with E-state index in [-0.39, 0.29) is 5.97 Å². The number of allylic oxidation sites excluding steroid dienone is 15. The number of rotatable bonds is 21. The van der Waals surface area contributed by atoms with E-state index in [2.05, 4.69) is 108 Å². The molecule has 0 heterocycles. The Kier molecular flexibility index (Phi) is 24.6. The summed E-state index contributed by atoms with van der Waals surface area (Å²) in [6, 6.07) is 0. The van der Waals surface area contributed by atoms with Gasteiger partial charge in [-0.1, -0.05) is 96.6 Å². The number of carbonyl (C=O) groups excluding carboxylic acids is 1. The van der Waals surface area contributed by atoms with Crippen LogP contribution in [-0.2, 0) is 9.53 Å². The molecule has 0 aromatic heterocycles. The summed E-state index contributed by atoms with van der Waals surface area (Å²) in [5, 5.41) is 0. The van der Waals surface area contributed by atoms with Crippen LogP contribution in [0.1, 0.15) is 112 Å². The second-order valence-corrected chi connectivity index (χ2v) is 9.74. The lowest BCUT2D eigenvalue weighted by Crippen LogP contribution is -2.04. The van der Waals surface area contributed by atoms with E-state index in [0.717, 1.165) is 70.6 Å². The molecule has 0 aromatic carbocycles. The number of unbranched alkanes of at least 4 members (excludes halogenated alkanes) is 1. The van der Waals surface area contributed by atoms with Gasteiger partial charge in [0.1, 0.15) is 6.61 Å². The minimum atomic E-state index is -0.105. The zero-order valence-corrected chi connectivity index (χ0v) is 24.5. The molecule has 0 bridgehead atoms.